The molecule has 1 aromatic heterocycles. The van der Waals surface area contributed by atoms with E-state index in [0.29, 0.717) is 17.9 Å². The van der Waals surface area contributed by atoms with E-state index in [1.54, 1.807) is 30.5 Å². The minimum Gasteiger partial charge on any atom is -0.496 e. The van der Waals surface area contributed by atoms with E-state index >= 15 is 0 Å². The monoisotopic (exact) mass is 530 g/mol. The largest absolute Gasteiger partial charge is 0.496 e. The van der Waals surface area contributed by atoms with E-state index in [1.165, 1.54) is 19.2 Å². The zero-order valence-corrected chi connectivity index (χ0v) is 20.0. The summed E-state index contributed by atoms with van der Waals surface area (Å²) in [5.74, 6) is 0.957. The molecule has 1 N–H and O–H groups in total. The zero-order valence-electron chi connectivity index (χ0n) is 16.9. The predicted molar refractivity (Wildman–Crippen MR) is 128 cm³/mol. The molecule has 1 fully saturated rings. The molecule has 0 unspecified atom stereocenters. The minimum atomic E-state index is -0.409. The van der Waals surface area contributed by atoms with Crippen molar-refractivity contribution in [2.75, 3.05) is 52.3 Å². The molecule has 158 valence electrons. The van der Waals surface area contributed by atoms with Crippen LogP contribution in [0.3, 0.4) is 0 Å². The van der Waals surface area contributed by atoms with Crippen LogP contribution in [0.5, 0.6) is 5.75 Å². The standard InChI is InChI=1S/C20H26N4O3S.HI/c1-21-20(24-10-8-23(9-11-24)18-5-4-12-28-18)22-14-15-6-7-17(26-2)16(13-15)19(25)27-3;/h4-7,12-13H,8-11,14H2,1-3H3,(H,21,22);1H. The molecule has 0 radical (unpaired) electrons. The molecular weight excluding hydrogens is 503 g/mol. The summed E-state index contributed by atoms with van der Waals surface area (Å²) in [4.78, 5) is 21.0. The number of benzene rings is 1. The molecule has 0 spiro atoms. The summed E-state index contributed by atoms with van der Waals surface area (Å²) in [6, 6.07) is 9.76. The molecule has 7 nitrogen and oxygen atoms in total. The summed E-state index contributed by atoms with van der Waals surface area (Å²) in [5.41, 5.74) is 1.38. The lowest BCUT2D eigenvalue weighted by Gasteiger charge is -2.37. The molecule has 0 atom stereocenters. The number of guanidine groups is 1. The summed E-state index contributed by atoms with van der Waals surface area (Å²) in [5, 5.41) is 6.82. The Morgan fingerprint density at radius 2 is 1.97 bits per heavy atom. The summed E-state index contributed by atoms with van der Waals surface area (Å²) in [6.07, 6.45) is 0. The predicted octanol–water partition coefficient (Wildman–Crippen LogP) is 3.06. The van der Waals surface area contributed by atoms with Gasteiger partial charge in [0.25, 0.3) is 0 Å². The van der Waals surface area contributed by atoms with Gasteiger partial charge >= 0.3 is 5.97 Å². The van der Waals surface area contributed by atoms with Crippen LogP contribution in [0.25, 0.3) is 0 Å². The first kappa shape index (κ1) is 23.3. The van der Waals surface area contributed by atoms with E-state index in [9.17, 15) is 4.79 Å². The third kappa shape index (κ3) is 5.75. The first-order chi connectivity index (χ1) is 13.7. The van der Waals surface area contributed by atoms with Crippen molar-refractivity contribution >= 4 is 52.2 Å². The maximum absolute atomic E-state index is 12.0. The normalized spacial score (nSPS) is 14.2. The van der Waals surface area contributed by atoms with Crippen molar-refractivity contribution in [1.29, 1.82) is 0 Å². The zero-order chi connectivity index (χ0) is 19.9. The van der Waals surface area contributed by atoms with Gasteiger partial charge in [-0.1, -0.05) is 6.07 Å². The Labute approximate surface area is 192 Å². The van der Waals surface area contributed by atoms with Gasteiger partial charge in [-0.25, -0.2) is 4.79 Å². The molecule has 9 heteroatoms. The second kappa shape index (κ2) is 11.2. The molecule has 2 aromatic rings. The van der Waals surface area contributed by atoms with E-state index in [4.69, 9.17) is 9.47 Å². The second-order valence-corrected chi connectivity index (χ2v) is 7.28. The number of piperazine rings is 1. The Morgan fingerprint density at radius 3 is 2.55 bits per heavy atom. The average molecular weight is 530 g/mol. The SMILES string of the molecule is CN=C(NCc1ccc(OC)c(C(=O)OC)c1)N1CCN(c2cccs2)CC1.I. The Bertz CT molecular complexity index is 821. The molecule has 0 bridgehead atoms. The van der Waals surface area contributed by atoms with Gasteiger partial charge in [-0.2, -0.15) is 0 Å². The quantitative estimate of drug-likeness (QED) is 0.278. The first-order valence-electron chi connectivity index (χ1n) is 9.15. The van der Waals surface area contributed by atoms with Crippen molar-refractivity contribution in [3.05, 3.63) is 46.8 Å². The molecule has 1 saturated heterocycles. The summed E-state index contributed by atoms with van der Waals surface area (Å²) >= 11 is 1.77. The molecule has 0 saturated carbocycles. The highest BCUT2D eigenvalue weighted by atomic mass is 127. The number of carbonyl (C=O) groups is 1. The number of ether oxygens (including phenoxy) is 2. The van der Waals surface area contributed by atoms with E-state index in [2.05, 4.69) is 37.6 Å². The Morgan fingerprint density at radius 1 is 1.21 bits per heavy atom. The van der Waals surface area contributed by atoms with Crippen LogP contribution >= 0.6 is 35.3 Å². The van der Waals surface area contributed by atoms with Gasteiger partial charge in [0.05, 0.1) is 19.2 Å². The maximum atomic E-state index is 12.0. The number of methoxy groups -OCH3 is 2. The summed E-state index contributed by atoms with van der Waals surface area (Å²) in [6.45, 7) is 4.32. The van der Waals surface area contributed by atoms with Gasteiger partial charge in [-0.05, 0) is 35.2 Å². The lowest BCUT2D eigenvalue weighted by atomic mass is 10.1. The van der Waals surface area contributed by atoms with Crippen LogP contribution in [0.1, 0.15) is 15.9 Å². The third-order valence-electron chi connectivity index (χ3n) is 4.73. The van der Waals surface area contributed by atoms with Crippen molar-refractivity contribution < 1.29 is 14.3 Å². The van der Waals surface area contributed by atoms with E-state index in [-0.39, 0.29) is 24.0 Å². The number of aliphatic imine (C=N–C) groups is 1. The lowest BCUT2D eigenvalue weighted by Crippen LogP contribution is -2.52. The Hall–Kier alpha value is -2.01. The number of esters is 1. The van der Waals surface area contributed by atoms with Gasteiger partial charge in [0.2, 0.25) is 0 Å². The van der Waals surface area contributed by atoms with Crippen LogP contribution in [-0.2, 0) is 11.3 Å². The number of halogens is 1. The summed E-state index contributed by atoms with van der Waals surface area (Å²) in [7, 11) is 4.70. The number of anilines is 1. The first-order valence-corrected chi connectivity index (χ1v) is 10.0. The minimum absolute atomic E-state index is 0. The van der Waals surface area contributed by atoms with Gasteiger partial charge in [0.1, 0.15) is 11.3 Å². The van der Waals surface area contributed by atoms with Gasteiger partial charge in [-0.3, -0.25) is 4.99 Å². The van der Waals surface area contributed by atoms with E-state index in [0.717, 1.165) is 37.7 Å². The van der Waals surface area contributed by atoms with E-state index < -0.39 is 5.97 Å². The van der Waals surface area contributed by atoms with Crippen LogP contribution < -0.4 is 15.0 Å². The smallest absolute Gasteiger partial charge is 0.341 e. The molecule has 1 aliphatic rings. The van der Waals surface area contributed by atoms with Gasteiger partial charge in [0.15, 0.2) is 5.96 Å². The summed E-state index contributed by atoms with van der Waals surface area (Å²) < 4.78 is 10.1. The van der Waals surface area contributed by atoms with Crippen molar-refractivity contribution in [3.8, 4) is 5.75 Å². The Kier molecular flexibility index (Phi) is 9.02. The fraction of sp³-hybridized carbons (Fsp3) is 0.400. The fourth-order valence-corrected chi connectivity index (χ4v) is 4.02. The van der Waals surface area contributed by atoms with E-state index in [1.807, 2.05) is 6.07 Å². The molecule has 2 heterocycles. The van der Waals surface area contributed by atoms with Gasteiger partial charge in [-0.15, -0.1) is 35.3 Å². The highest BCUT2D eigenvalue weighted by Gasteiger charge is 2.20. The third-order valence-corrected chi connectivity index (χ3v) is 5.66. The van der Waals surface area contributed by atoms with Gasteiger partial charge in [0, 0.05) is 39.8 Å². The molecule has 0 aliphatic carbocycles. The number of rotatable bonds is 5. The number of nitrogens with one attached hydrogen (secondary N) is 1. The van der Waals surface area contributed by atoms with Crippen LogP contribution in [-0.4, -0.2) is 64.3 Å². The molecule has 29 heavy (non-hydrogen) atoms. The maximum Gasteiger partial charge on any atom is 0.341 e. The van der Waals surface area contributed by atoms with Crippen LogP contribution in [0.15, 0.2) is 40.7 Å². The number of hydrogen-bond donors (Lipinski definition) is 1. The molecule has 3 rings (SSSR count). The van der Waals surface area contributed by atoms with Crippen LogP contribution in [0.4, 0.5) is 5.00 Å². The highest BCUT2D eigenvalue weighted by Crippen LogP contribution is 2.23. The molecule has 1 aliphatic heterocycles. The lowest BCUT2D eigenvalue weighted by molar-refractivity contribution is 0.0597. The fourth-order valence-electron chi connectivity index (χ4n) is 3.24. The molecular formula is C20H27IN4O3S. The van der Waals surface area contributed by atoms with Crippen LogP contribution in [0, 0.1) is 0 Å². The van der Waals surface area contributed by atoms with Crippen LogP contribution in [0.2, 0.25) is 0 Å². The Balaban J connectivity index is 0.00000300. The number of carbonyl (C=O) groups excluding carboxylic acids is 1. The molecule has 0 amide bonds. The molecule has 1 aromatic carbocycles. The second-order valence-electron chi connectivity index (χ2n) is 6.35. The van der Waals surface area contributed by atoms with Crippen molar-refractivity contribution in [2.24, 2.45) is 4.99 Å². The van der Waals surface area contributed by atoms with Gasteiger partial charge < -0.3 is 24.6 Å². The topological polar surface area (TPSA) is 66.4 Å². The van der Waals surface area contributed by atoms with Crippen molar-refractivity contribution in [2.45, 2.75) is 6.54 Å². The number of nitrogens with zero attached hydrogens (tertiary/aromatic N) is 3. The number of hydrogen-bond acceptors (Lipinski definition) is 6. The average Bonchev–Trinajstić information content (AvgIpc) is 3.29. The number of thiophene rings is 1. The highest BCUT2D eigenvalue weighted by molar-refractivity contribution is 14.0. The van der Waals surface area contributed by atoms with Crippen molar-refractivity contribution in [3.63, 3.8) is 0 Å². The van der Waals surface area contributed by atoms with Crippen molar-refractivity contribution in [1.82, 2.24) is 10.2 Å².